The number of aromatic nitrogens is 6. The summed E-state index contributed by atoms with van der Waals surface area (Å²) in [6.45, 7) is 6.67. The third-order valence-electron chi connectivity index (χ3n) is 4.82. The van der Waals surface area contributed by atoms with Gasteiger partial charge in [-0.2, -0.15) is 9.78 Å². The monoisotopic (exact) mass is 433 g/mol. The van der Waals surface area contributed by atoms with Crippen LogP contribution in [0.3, 0.4) is 0 Å². The van der Waals surface area contributed by atoms with Gasteiger partial charge in [-0.15, -0.1) is 5.10 Å². The van der Waals surface area contributed by atoms with Crippen LogP contribution in [0.5, 0.6) is 0 Å². The number of amides is 1. The third kappa shape index (κ3) is 4.83. The number of carbonyl (C=O) groups is 1. The van der Waals surface area contributed by atoms with E-state index < -0.39 is 0 Å². The predicted molar refractivity (Wildman–Crippen MR) is 120 cm³/mol. The molecule has 0 radical (unpaired) electrons. The summed E-state index contributed by atoms with van der Waals surface area (Å²) in [5.41, 5.74) is 5.39. The van der Waals surface area contributed by atoms with E-state index in [0.717, 1.165) is 22.4 Å². The highest BCUT2D eigenvalue weighted by atomic mass is 32.2. The maximum atomic E-state index is 12.6. The standard InChI is InChI=1S/C22H23N7OS/c1-15-6-4-9-18(12-15)13-28-19(10-11-23-28)24-20(30)14-31-22-25-26-27-29(22)21-16(2)7-5-8-17(21)3/h4-12H,13-14H2,1-3H3,(H,24,30). The summed E-state index contributed by atoms with van der Waals surface area (Å²) in [4.78, 5) is 12.6. The quantitative estimate of drug-likeness (QED) is 0.448. The molecular formula is C22H23N7OS. The summed E-state index contributed by atoms with van der Waals surface area (Å²) in [7, 11) is 0. The highest BCUT2D eigenvalue weighted by Crippen LogP contribution is 2.23. The van der Waals surface area contributed by atoms with Gasteiger partial charge >= 0.3 is 0 Å². The van der Waals surface area contributed by atoms with E-state index in [-0.39, 0.29) is 11.7 Å². The number of benzene rings is 2. The van der Waals surface area contributed by atoms with Gasteiger partial charge < -0.3 is 5.32 Å². The molecule has 0 saturated heterocycles. The van der Waals surface area contributed by atoms with Gasteiger partial charge in [-0.05, 0) is 47.9 Å². The molecule has 2 aromatic heterocycles. The molecule has 0 aliphatic carbocycles. The van der Waals surface area contributed by atoms with Crippen molar-refractivity contribution in [2.75, 3.05) is 11.1 Å². The summed E-state index contributed by atoms with van der Waals surface area (Å²) in [5.74, 6) is 0.689. The van der Waals surface area contributed by atoms with Gasteiger partial charge in [0, 0.05) is 6.07 Å². The molecular weight excluding hydrogens is 410 g/mol. The minimum atomic E-state index is -0.146. The molecule has 1 amide bonds. The number of hydrogen-bond donors (Lipinski definition) is 1. The Kier molecular flexibility index (Phi) is 6.13. The van der Waals surface area contributed by atoms with Crippen molar-refractivity contribution in [1.29, 1.82) is 0 Å². The molecule has 8 nitrogen and oxygen atoms in total. The van der Waals surface area contributed by atoms with E-state index in [4.69, 9.17) is 0 Å². The Morgan fingerprint density at radius 2 is 1.84 bits per heavy atom. The molecule has 4 aromatic rings. The van der Waals surface area contributed by atoms with Crippen LogP contribution in [0.15, 0.2) is 59.9 Å². The molecule has 31 heavy (non-hydrogen) atoms. The Balaban J connectivity index is 1.42. The molecule has 1 N–H and O–H groups in total. The molecule has 2 aromatic carbocycles. The summed E-state index contributed by atoms with van der Waals surface area (Å²) in [6.07, 6.45) is 1.68. The first kappa shape index (κ1) is 20.8. The van der Waals surface area contributed by atoms with Crippen LogP contribution in [0.1, 0.15) is 22.3 Å². The number of para-hydroxylation sites is 1. The lowest BCUT2D eigenvalue weighted by Gasteiger charge is -2.11. The molecule has 0 spiro atoms. The van der Waals surface area contributed by atoms with E-state index in [2.05, 4.69) is 45.0 Å². The maximum absolute atomic E-state index is 12.6. The molecule has 4 rings (SSSR count). The average Bonchev–Trinajstić information content (AvgIpc) is 3.36. The highest BCUT2D eigenvalue weighted by molar-refractivity contribution is 7.99. The van der Waals surface area contributed by atoms with Gasteiger partial charge in [0.1, 0.15) is 5.82 Å². The molecule has 2 heterocycles. The van der Waals surface area contributed by atoms with Crippen LogP contribution < -0.4 is 5.32 Å². The lowest BCUT2D eigenvalue weighted by atomic mass is 10.1. The number of carbonyl (C=O) groups excluding carboxylic acids is 1. The Hall–Kier alpha value is -3.46. The van der Waals surface area contributed by atoms with Crippen LogP contribution >= 0.6 is 11.8 Å². The zero-order valence-electron chi connectivity index (χ0n) is 17.6. The van der Waals surface area contributed by atoms with Crippen molar-refractivity contribution in [1.82, 2.24) is 30.0 Å². The fourth-order valence-corrected chi connectivity index (χ4v) is 4.08. The molecule has 0 atom stereocenters. The first-order chi connectivity index (χ1) is 15.0. The second-order valence-corrected chi connectivity index (χ2v) is 8.26. The number of rotatable bonds is 7. The van der Waals surface area contributed by atoms with Crippen molar-refractivity contribution in [2.24, 2.45) is 0 Å². The summed E-state index contributed by atoms with van der Waals surface area (Å²) >= 11 is 1.29. The van der Waals surface area contributed by atoms with Crippen LogP contribution in [-0.4, -0.2) is 41.6 Å². The van der Waals surface area contributed by atoms with Crippen molar-refractivity contribution in [2.45, 2.75) is 32.5 Å². The molecule has 0 unspecified atom stereocenters. The minimum absolute atomic E-state index is 0.146. The Labute approximate surface area is 184 Å². The van der Waals surface area contributed by atoms with Gasteiger partial charge in [0.15, 0.2) is 0 Å². The first-order valence-corrected chi connectivity index (χ1v) is 10.8. The van der Waals surface area contributed by atoms with Gasteiger partial charge in [-0.3, -0.25) is 4.79 Å². The number of hydrogen-bond acceptors (Lipinski definition) is 6. The van der Waals surface area contributed by atoms with Crippen molar-refractivity contribution in [3.63, 3.8) is 0 Å². The Bertz CT molecular complexity index is 1190. The number of aryl methyl sites for hydroxylation is 3. The zero-order valence-corrected chi connectivity index (χ0v) is 18.4. The van der Waals surface area contributed by atoms with Gasteiger partial charge in [-0.1, -0.05) is 59.8 Å². The summed E-state index contributed by atoms with van der Waals surface area (Å²) in [6, 6.07) is 16.0. The van der Waals surface area contributed by atoms with Gasteiger partial charge in [0.2, 0.25) is 11.1 Å². The first-order valence-electron chi connectivity index (χ1n) is 9.86. The van der Waals surface area contributed by atoms with Crippen molar-refractivity contribution in [3.05, 3.63) is 77.0 Å². The maximum Gasteiger partial charge on any atom is 0.235 e. The number of tetrazole rings is 1. The molecule has 0 bridgehead atoms. The molecule has 0 fully saturated rings. The topological polar surface area (TPSA) is 90.5 Å². The van der Waals surface area contributed by atoms with Crippen LogP contribution in [0, 0.1) is 20.8 Å². The highest BCUT2D eigenvalue weighted by Gasteiger charge is 2.15. The molecule has 0 aliphatic heterocycles. The fourth-order valence-electron chi connectivity index (χ4n) is 3.41. The van der Waals surface area contributed by atoms with Crippen molar-refractivity contribution in [3.8, 4) is 5.69 Å². The van der Waals surface area contributed by atoms with Gasteiger partial charge in [-0.25, -0.2) is 4.68 Å². The van der Waals surface area contributed by atoms with Gasteiger partial charge in [0.05, 0.1) is 24.2 Å². The van der Waals surface area contributed by atoms with Crippen molar-refractivity contribution < 1.29 is 4.79 Å². The molecule has 0 aliphatic rings. The zero-order chi connectivity index (χ0) is 21.8. The van der Waals surface area contributed by atoms with Crippen LogP contribution in [0.25, 0.3) is 5.69 Å². The normalized spacial score (nSPS) is 10.9. The van der Waals surface area contributed by atoms with Crippen LogP contribution in [0.2, 0.25) is 0 Å². The lowest BCUT2D eigenvalue weighted by molar-refractivity contribution is -0.113. The SMILES string of the molecule is Cc1cccc(Cn2nccc2NC(=O)CSc2nnnn2-c2c(C)cccc2C)c1. The number of nitrogens with one attached hydrogen (secondary N) is 1. The molecule has 0 saturated carbocycles. The second kappa shape index (κ2) is 9.13. The average molecular weight is 434 g/mol. The van der Waals surface area contributed by atoms with E-state index in [1.165, 1.54) is 17.3 Å². The summed E-state index contributed by atoms with van der Waals surface area (Å²) < 4.78 is 3.46. The lowest BCUT2D eigenvalue weighted by Crippen LogP contribution is -2.18. The Morgan fingerprint density at radius 1 is 1.06 bits per heavy atom. The largest absolute Gasteiger partial charge is 0.310 e. The number of nitrogens with zero attached hydrogens (tertiary/aromatic N) is 6. The summed E-state index contributed by atoms with van der Waals surface area (Å²) in [5, 5.41) is 19.8. The smallest absolute Gasteiger partial charge is 0.235 e. The van der Waals surface area contributed by atoms with E-state index >= 15 is 0 Å². The van der Waals surface area contributed by atoms with E-state index in [0.29, 0.717) is 17.5 Å². The van der Waals surface area contributed by atoms with Crippen LogP contribution in [-0.2, 0) is 11.3 Å². The van der Waals surface area contributed by atoms with E-state index in [9.17, 15) is 4.79 Å². The predicted octanol–water partition coefficient (Wildman–Crippen LogP) is 3.56. The third-order valence-corrected chi connectivity index (χ3v) is 5.74. The van der Waals surface area contributed by atoms with Crippen molar-refractivity contribution >= 4 is 23.5 Å². The van der Waals surface area contributed by atoms with Gasteiger partial charge in [0.25, 0.3) is 0 Å². The van der Waals surface area contributed by atoms with E-state index in [1.807, 2.05) is 44.2 Å². The molecule has 158 valence electrons. The fraction of sp³-hybridized carbons (Fsp3) is 0.227. The second-order valence-electron chi connectivity index (χ2n) is 7.31. The number of thioether (sulfide) groups is 1. The van der Waals surface area contributed by atoms with E-state index in [1.54, 1.807) is 21.6 Å². The Morgan fingerprint density at radius 3 is 2.61 bits per heavy atom. The minimum Gasteiger partial charge on any atom is -0.310 e. The molecule has 9 heteroatoms. The number of anilines is 1. The van der Waals surface area contributed by atoms with Crippen LogP contribution in [0.4, 0.5) is 5.82 Å².